The number of ether oxygens (including phenoxy) is 2. The van der Waals surface area contributed by atoms with Crippen LogP contribution in [0.3, 0.4) is 0 Å². The molecule has 160 valence electrons. The van der Waals surface area contributed by atoms with E-state index in [0.29, 0.717) is 31.3 Å². The molecule has 0 N–H and O–H groups in total. The van der Waals surface area contributed by atoms with Gasteiger partial charge in [-0.2, -0.15) is 0 Å². The van der Waals surface area contributed by atoms with E-state index in [4.69, 9.17) is 16.3 Å². The summed E-state index contributed by atoms with van der Waals surface area (Å²) >= 11 is 6.10. The summed E-state index contributed by atoms with van der Waals surface area (Å²) < 4.78 is 10.2. The Morgan fingerprint density at radius 3 is 2.52 bits per heavy atom. The first-order chi connectivity index (χ1) is 13.9. The van der Waals surface area contributed by atoms with E-state index in [1.54, 1.807) is 12.2 Å². The van der Waals surface area contributed by atoms with E-state index >= 15 is 0 Å². The number of halogens is 1. The van der Waals surface area contributed by atoms with Gasteiger partial charge in [-0.1, -0.05) is 61.7 Å². The molecule has 0 heterocycles. The van der Waals surface area contributed by atoms with E-state index in [9.17, 15) is 14.4 Å². The normalized spacial score (nSPS) is 20.6. The number of unbranched alkanes of at least 4 members (excludes halogenated alkanes) is 4. The largest absolute Gasteiger partial charge is 0.469 e. The minimum absolute atomic E-state index is 0.0518. The fourth-order valence-corrected chi connectivity index (χ4v) is 3.33. The fraction of sp³-hybridized carbons (Fsp3) is 0.522. The highest BCUT2D eigenvalue weighted by atomic mass is 35.5. The Hall–Kier alpha value is -2.14. The van der Waals surface area contributed by atoms with Gasteiger partial charge in [0.1, 0.15) is 0 Å². The second-order valence-electron chi connectivity index (χ2n) is 6.95. The first-order valence-electron chi connectivity index (χ1n) is 10.1. The molecule has 0 aromatic heterocycles. The van der Waals surface area contributed by atoms with Gasteiger partial charge in [0.2, 0.25) is 5.78 Å². The fourth-order valence-electron chi connectivity index (χ4n) is 3.05. The maximum Gasteiger partial charge on any atom is 0.305 e. The van der Waals surface area contributed by atoms with Crippen molar-refractivity contribution in [3.05, 3.63) is 47.1 Å². The number of hydrogen-bond acceptors (Lipinski definition) is 5. The van der Waals surface area contributed by atoms with Crippen LogP contribution in [0.5, 0.6) is 0 Å². The first kappa shape index (κ1) is 24.9. The van der Waals surface area contributed by atoms with Crippen molar-refractivity contribution in [2.45, 2.75) is 70.8 Å². The van der Waals surface area contributed by atoms with Crippen LogP contribution in [0.15, 0.2) is 47.1 Å². The maximum atomic E-state index is 12.5. The Morgan fingerprint density at radius 2 is 1.86 bits per heavy atom. The maximum absolute atomic E-state index is 12.5. The van der Waals surface area contributed by atoms with Gasteiger partial charge in [0.05, 0.1) is 12.1 Å². The molecule has 5 nitrogen and oxygen atoms in total. The molecular formula is C23H31ClO5. The monoisotopic (exact) mass is 422 g/mol. The lowest BCUT2D eigenvalue weighted by Gasteiger charge is -2.27. The molecule has 0 aliphatic heterocycles. The Kier molecular flexibility index (Phi) is 11.3. The average molecular weight is 423 g/mol. The molecule has 0 aromatic rings. The molecule has 0 fully saturated rings. The summed E-state index contributed by atoms with van der Waals surface area (Å²) in [6, 6.07) is 0. The van der Waals surface area contributed by atoms with Gasteiger partial charge in [0.15, 0.2) is 5.60 Å². The zero-order valence-electron chi connectivity index (χ0n) is 17.5. The van der Waals surface area contributed by atoms with Gasteiger partial charge in [0.25, 0.3) is 0 Å². The Labute approximate surface area is 178 Å². The lowest BCUT2D eigenvalue weighted by Crippen LogP contribution is -2.33. The smallest absolute Gasteiger partial charge is 0.305 e. The average Bonchev–Trinajstić information content (AvgIpc) is 2.90. The van der Waals surface area contributed by atoms with Crippen LogP contribution in [0.4, 0.5) is 0 Å². The van der Waals surface area contributed by atoms with Crippen LogP contribution in [0.1, 0.15) is 65.2 Å². The van der Waals surface area contributed by atoms with Crippen molar-refractivity contribution in [1.82, 2.24) is 0 Å². The first-order valence-corrected chi connectivity index (χ1v) is 10.5. The van der Waals surface area contributed by atoms with Gasteiger partial charge in [-0.3, -0.25) is 14.4 Å². The number of rotatable bonds is 12. The number of esters is 2. The van der Waals surface area contributed by atoms with Crippen molar-refractivity contribution in [1.29, 1.82) is 0 Å². The molecule has 6 heteroatoms. The second kappa shape index (κ2) is 13.2. The molecule has 0 spiro atoms. The molecule has 29 heavy (non-hydrogen) atoms. The highest BCUT2D eigenvalue weighted by Crippen LogP contribution is 2.39. The van der Waals surface area contributed by atoms with Crippen LogP contribution in [0.25, 0.3) is 0 Å². The summed E-state index contributed by atoms with van der Waals surface area (Å²) in [7, 11) is 1.36. The summed E-state index contributed by atoms with van der Waals surface area (Å²) in [6.07, 6.45) is 17.1. The quantitative estimate of drug-likeness (QED) is 0.183. The van der Waals surface area contributed by atoms with Crippen LogP contribution in [0, 0.1) is 0 Å². The van der Waals surface area contributed by atoms with Crippen LogP contribution in [-0.2, 0) is 23.9 Å². The molecule has 0 radical (unpaired) electrons. The number of Topliss-reactive ketones (excluding diaryl/α,β-unsaturated/α-hetero) is 1. The standard InChI is InChI=1S/C23H31ClO5/c1-4-5-6-7-10-13-16-23(29-18(2)25)17-20(24)22(27)19(23)14-11-8-9-12-15-21(26)28-3/h8,10-11,13-14,17H,4-7,9,12,15-16H2,1-3H3/b11-8+,13-10-,19-14+/t23-/m1/s1. The molecule has 1 aliphatic carbocycles. The number of allylic oxidation sites excluding steroid dienone is 5. The van der Waals surface area contributed by atoms with E-state index in [1.165, 1.54) is 20.1 Å². The molecule has 0 unspecified atom stereocenters. The molecular weight excluding hydrogens is 392 g/mol. The SMILES string of the molecule is CCCCC/C=C\C[C@@]1(OC(C)=O)C=C(Cl)C(=O)/C1=C\C=C\CCCC(=O)OC. The Morgan fingerprint density at radius 1 is 1.14 bits per heavy atom. The van der Waals surface area contributed by atoms with Gasteiger partial charge in [-0.15, -0.1) is 0 Å². The summed E-state index contributed by atoms with van der Waals surface area (Å²) in [5, 5.41) is 0.0518. The molecule has 0 bridgehead atoms. The predicted octanol–water partition coefficient (Wildman–Crippen LogP) is 5.35. The van der Waals surface area contributed by atoms with Crippen molar-refractivity contribution in [3.8, 4) is 0 Å². The Balaban J connectivity index is 2.90. The molecule has 0 saturated carbocycles. The van der Waals surface area contributed by atoms with Crippen molar-refractivity contribution in [2.75, 3.05) is 7.11 Å². The molecule has 0 aromatic carbocycles. The van der Waals surface area contributed by atoms with Crippen molar-refractivity contribution in [3.63, 3.8) is 0 Å². The molecule has 0 saturated heterocycles. The highest BCUT2D eigenvalue weighted by Gasteiger charge is 2.44. The van der Waals surface area contributed by atoms with E-state index in [0.717, 1.165) is 25.7 Å². The van der Waals surface area contributed by atoms with Gasteiger partial charge in [-0.05, 0) is 31.8 Å². The predicted molar refractivity (Wildman–Crippen MR) is 114 cm³/mol. The van der Waals surface area contributed by atoms with Crippen molar-refractivity contribution in [2.24, 2.45) is 0 Å². The summed E-state index contributed by atoms with van der Waals surface area (Å²) in [5.41, 5.74) is -0.849. The van der Waals surface area contributed by atoms with Crippen LogP contribution < -0.4 is 0 Å². The summed E-state index contributed by atoms with van der Waals surface area (Å²) in [4.78, 5) is 35.4. The minimum Gasteiger partial charge on any atom is -0.469 e. The number of carbonyl (C=O) groups excluding carboxylic acids is 3. The molecule has 1 rings (SSSR count). The van der Waals surface area contributed by atoms with Gasteiger partial charge in [0, 0.05) is 25.3 Å². The van der Waals surface area contributed by atoms with Gasteiger partial charge < -0.3 is 9.47 Å². The van der Waals surface area contributed by atoms with Crippen molar-refractivity contribution >= 4 is 29.3 Å². The van der Waals surface area contributed by atoms with Crippen LogP contribution in [-0.4, -0.2) is 30.4 Å². The third kappa shape index (κ3) is 8.40. The molecule has 1 aliphatic rings. The van der Waals surface area contributed by atoms with Gasteiger partial charge in [-0.25, -0.2) is 0 Å². The van der Waals surface area contributed by atoms with E-state index < -0.39 is 11.6 Å². The zero-order valence-corrected chi connectivity index (χ0v) is 18.3. The van der Waals surface area contributed by atoms with Crippen LogP contribution >= 0.6 is 11.6 Å². The van der Waals surface area contributed by atoms with E-state index in [-0.39, 0.29) is 16.8 Å². The number of hydrogen-bond donors (Lipinski definition) is 0. The second-order valence-corrected chi connectivity index (χ2v) is 7.36. The van der Waals surface area contributed by atoms with E-state index in [2.05, 4.69) is 11.7 Å². The van der Waals surface area contributed by atoms with Crippen molar-refractivity contribution < 1.29 is 23.9 Å². The topological polar surface area (TPSA) is 69.7 Å². The van der Waals surface area contributed by atoms with E-state index in [1.807, 2.05) is 18.2 Å². The third-order valence-corrected chi connectivity index (χ3v) is 4.82. The number of carbonyl (C=O) groups is 3. The van der Waals surface area contributed by atoms with Crippen LogP contribution in [0.2, 0.25) is 0 Å². The van der Waals surface area contributed by atoms with Gasteiger partial charge >= 0.3 is 11.9 Å². The summed E-state index contributed by atoms with van der Waals surface area (Å²) in [5.74, 6) is -1.07. The molecule has 1 atom stereocenters. The third-order valence-electron chi connectivity index (χ3n) is 4.54. The lowest BCUT2D eigenvalue weighted by atomic mass is 9.91. The molecule has 0 amide bonds. The highest BCUT2D eigenvalue weighted by molar-refractivity contribution is 6.46. The summed E-state index contributed by atoms with van der Waals surface area (Å²) in [6.45, 7) is 3.47. The Bertz CT molecular complexity index is 702. The number of methoxy groups -OCH3 is 1. The zero-order chi connectivity index (χ0) is 21.7. The minimum atomic E-state index is -1.18. The number of ketones is 1. The lowest BCUT2D eigenvalue weighted by molar-refractivity contribution is -0.149.